The number of benzene rings is 2. The van der Waals surface area contributed by atoms with Crippen molar-refractivity contribution in [2.45, 2.75) is 0 Å². The van der Waals surface area contributed by atoms with Crippen LogP contribution in [0.15, 0.2) is 36.4 Å². The molecule has 0 heterocycles. The number of hydrogen-bond donors (Lipinski definition) is 2. The van der Waals surface area contributed by atoms with Gasteiger partial charge in [0.1, 0.15) is 5.82 Å². The van der Waals surface area contributed by atoms with Crippen LogP contribution in [0.5, 0.6) is 5.75 Å². The highest BCUT2D eigenvalue weighted by atomic mass is 19.1. The molecular weight excluding hydrogens is 306 g/mol. The Labute approximate surface area is 131 Å². The van der Waals surface area contributed by atoms with Crippen molar-refractivity contribution in [2.75, 3.05) is 13.7 Å². The average Bonchev–Trinajstić information content (AvgIpc) is 2.53. The van der Waals surface area contributed by atoms with Crippen molar-refractivity contribution in [2.24, 2.45) is 5.73 Å². The number of nitrogens with one attached hydrogen (secondary N) is 1. The average molecular weight is 320 g/mol. The predicted molar refractivity (Wildman–Crippen MR) is 79.9 cm³/mol. The van der Waals surface area contributed by atoms with Crippen molar-refractivity contribution in [3.05, 3.63) is 53.6 Å². The van der Waals surface area contributed by atoms with Crippen LogP contribution in [0.25, 0.3) is 11.1 Å². The number of nitrogens with two attached hydrogens (primary N) is 1. The molecule has 0 aliphatic carbocycles. The van der Waals surface area contributed by atoms with E-state index in [4.69, 9.17) is 10.5 Å². The van der Waals surface area contributed by atoms with Crippen LogP contribution in [0, 0.1) is 11.6 Å². The summed E-state index contributed by atoms with van der Waals surface area (Å²) in [7, 11) is 1.30. The smallest absolute Gasteiger partial charge is 0.254 e. The summed E-state index contributed by atoms with van der Waals surface area (Å²) in [6.07, 6.45) is 0. The molecule has 0 spiro atoms. The maximum absolute atomic E-state index is 14.6. The van der Waals surface area contributed by atoms with Gasteiger partial charge >= 0.3 is 0 Å². The molecule has 2 aromatic rings. The van der Waals surface area contributed by atoms with E-state index in [2.05, 4.69) is 5.32 Å². The second-order valence-corrected chi connectivity index (χ2v) is 4.64. The van der Waals surface area contributed by atoms with Crippen molar-refractivity contribution in [1.29, 1.82) is 0 Å². The number of ether oxygens (including phenoxy) is 1. The van der Waals surface area contributed by atoms with Crippen LogP contribution in [0.3, 0.4) is 0 Å². The number of hydrogen-bond acceptors (Lipinski definition) is 3. The summed E-state index contributed by atoms with van der Waals surface area (Å²) < 4.78 is 33.7. The number of carbonyl (C=O) groups excluding carboxylic acids is 2. The van der Waals surface area contributed by atoms with E-state index in [0.717, 1.165) is 0 Å². The van der Waals surface area contributed by atoms with Crippen LogP contribution < -0.4 is 15.8 Å². The van der Waals surface area contributed by atoms with E-state index in [9.17, 15) is 18.4 Å². The number of primary amides is 1. The molecule has 2 aromatic carbocycles. The lowest BCUT2D eigenvalue weighted by Gasteiger charge is -2.11. The van der Waals surface area contributed by atoms with E-state index >= 15 is 0 Å². The van der Waals surface area contributed by atoms with Gasteiger partial charge in [-0.05, 0) is 12.1 Å². The lowest BCUT2D eigenvalue weighted by Crippen LogP contribution is -2.33. The van der Waals surface area contributed by atoms with Crippen LogP contribution in [-0.2, 0) is 4.79 Å². The molecule has 120 valence electrons. The summed E-state index contributed by atoms with van der Waals surface area (Å²) >= 11 is 0. The Morgan fingerprint density at radius 2 is 1.70 bits per heavy atom. The summed E-state index contributed by atoms with van der Waals surface area (Å²) in [5, 5.41) is 2.18. The highest BCUT2D eigenvalue weighted by Gasteiger charge is 2.19. The molecule has 7 heteroatoms. The van der Waals surface area contributed by atoms with Gasteiger partial charge in [0.05, 0.1) is 19.2 Å². The first-order valence-electron chi connectivity index (χ1n) is 6.63. The third-order valence-corrected chi connectivity index (χ3v) is 3.14. The molecule has 0 atom stereocenters. The Bertz CT molecular complexity index is 763. The van der Waals surface area contributed by atoms with Crippen molar-refractivity contribution in [1.82, 2.24) is 5.32 Å². The minimum Gasteiger partial charge on any atom is -0.494 e. The van der Waals surface area contributed by atoms with Crippen molar-refractivity contribution < 1.29 is 23.1 Å². The Hall–Kier alpha value is -2.96. The highest BCUT2D eigenvalue weighted by molar-refractivity contribution is 5.97. The molecule has 0 unspecified atom stereocenters. The number of carbonyl (C=O) groups is 2. The number of methoxy groups -OCH3 is 1. The van der Waals surface area contributed by atoms with Gasteiger partial charge in [-0.15, -0.1) is 0 Å². The van der Waals surface area contributed by atoms with E-state index in [1.165, 1.54) is 43.5 Å². The zero-order valence-corrected chi connectivity index (χ0v) is 12.2. The van der Waals surface area contributed by atoms with E-state index < -0.39 is 30.0 Å². The second kappa shape index (κ2) is 6.87. The predicted octanol–water partition coefficient (Wildman–Crippen LogP) is 1.86. The highest BCUT2D eigenvalue weighted by Crippen LogP contribution is 2.31. The summed E-state index contributed by atoms with van der Waals surface area (Å²) in [6.45, 7) is -0.421. The topological polar surface area (TPSA) is 81.4 Å². The first-order chi connectivity index (χ1) is 11.0. The summed E-state index contributed by atoms with van der Waals surface area (Å²) in [5.74, 6) is -3.24. The fourth-order valence-corrected chi connectivity index (χ4v) is 2.05. The molecule has 0 radical (unpaired) electrons. The third-order valence-electron chi connectivity index (χ3n) is 3.14. The molecule has 0 fully saturated rings. The lowest BCUT2D eigenvalue weighted by molar-refractivity contribution is -0.117. The Morgan fingerprint density at radius 1 is 1.09 bits per heavy atom. The van der Waals surface area contributed by atoms with Gasteiger partial charge in [0.25, 0.3) is 5.91 Å². The lowest BCUT2D eigenvalue weighted by atomic mass is 10.0. The van der Waals surface area contributed by atoms with Gasteiger partial charge in [0.2, 0.25) is 5.91 Å². The van der Waals surface area contributed by atoms with Gasteiger partial charge < -0.3 is 15.8 Å². The zero-order valence-electron chi connectivity index (χ0n) is 12.2. The van der Waals surface area contributed by atoms with Crippen molar-refractivity contribution >= 4 is 11.8 Å². The van der Waals surface area contributed by atoms with Gasteiger partial charge in [0.15, 0.2) is 11.6 Å². The summed E-state index contributed by atoms with van der Waals surface area (Å²) in [5.41, 5.74) is 4.48. The first-order valence-corrected chi connectivity index (χ1v) is 6.63. The Kier molecular flexibility index (Phi) is 4.90. The molecular formula is C16H14F2N2O3. The van der Waals surface area contributed by atoms with E-state index in [1.54, 1.807) is 0 Å². The van der Waals surface area contributed by atoms with Crippen LogP contribution >= 0.6 is 0 Å². The molecule has 0 saturated carbocycles. The Balaban J connectivity index is 2.44. The molecule has 3 N–H and O–H groups in total. The van der Waals surface area contributed by atoms with Gasteiger partial charge in [-0.3, -0.25) is 9.59 Å². The molecule has 0 aliphatic heterocycles. The van der Waals surface area contributed by atoms with Crippen molar-refractivity contribution in [3.8, 4) is 16.9 Å². The van der Waals surface area contributed by atoms with Gasteiger partial charge in [-0.25, -0.2) is 8.78 Å². The maximum Gasteiger partial charge on any atom is 0.254 e. The Morgan fingerprint density at radius 3 is 2.30 bits per heavy atom. The van der Waals surface area contributed by atoms with E-state index in [1.807, 2.05) is 0 Å². The van der Waals surface area contributed by atoms with Gasteiger partial charge in [0, 0.05) is 11.1 Å². The maximum atomic E-state index is 14.6. The van der Waals surface area contributed by atoms with Gasteiger partial charge in [-0.1, -0.05) is 24.3 Å². The fourth-order valence-electron chi connectivity index (χ4n) is 2.05. The molecule has 0 saturated heterocycles. The molecule has 0 aliphatic rings. The molecule has 2 amide bonds. The van der Waals surface area contributed by atoms with Crippen LogP contribution in [-0.4, -0.2) is 25.5 Å². The number of rotatable bonds is 5. The largest absolute Gasteiger partial charge is 0.494 e. The minimum absolute atomic E-state index is 0.0357. The van der Waals surface area contributed by atoms with E-state index in [-0.39, 0.29) is 22.4 Å². The SMILES string of the molecule is COc1cccc(-c2cccc(C(=O)NCC(N)=O)c2F)c1F. The molecule has 5 nitrogen and oxygen atoms in total. The number of amides is 2. The molecule has 0 bridgehead atoms. The fraction of sp³-hybridized carbons (Fsp3) is 0.125. The monoisotopic (exact) mass is 320 g/mol. The van der Waals surface area contributed by atoms with E-state index in [0.29, 0.717) is 0 Å². The molecule has 23 heavy (non-hydrogen) atoms. The summed E-state index contributed by atoms with van der Waals surface area (Å²) in [4.78, 5) is 22.6. The number of halogens is 2. The summed E-state index contributed by atoms with van der Waals surface area (Å²) in [6, 6.07) is 8.28. The standard InChI is InChI=1S/C16H14F2N2O3/c1-23-12-7-3-5-10(15(12)18)9-4-2-6-11(14(9)17)16(22)20-8-13(19)21/h2-7H,8H2,1H3,(H2,19,21)(H,20,22). The third kappa shape index (κ3) is 3.45. The van der Waals surface area contributed by atoms with Gasteiger partial charge in [-0.2, -0.15) is 0 Å². The quantitative estimate of drug-likeness (QED) is 0.882. The van der Waals surface area contributed by atoms with Crippen LogP contribution in [0.2, 0.25) is 0 Å². The molecule has 2 rings (SSSR count). The normalized spacial score (nSPS) is 10.2. The van der Waals surface area contributed by atoms with Crippen molar-refractivity contribution in [3.63, 3.8) is 0 Å². The van der Waals surface area contributed by atoms with Crippen LogP contribution in [0.1, 0.15) is 10.4 Å². The van der Waals surface area contributed by atoms with Crippen LogP contribution in [0.4, 0.5) is 8.78 Å². The zero-order chi connectivity index (χ0) is 17.0. The minimum atomic E-state index is -0.901. The second-order valence-electron chi connectivity index (χ2n) is 4.64. The first kappa shape index (κ1) is 16.4. The molecule has 0 aromatic heterocycles.